The number of ether oxygens (including phenoxy) is 3. The molecule has 0 amide bonds. The molecule has 0 bridgehead atoms. The second-order valence-corrected chi connectivity index (χ2v) is 6.89. The molecule has 28 heavy (non-hydrogen) atoms. The molecule has 0 saturated carbocycles. The minimum atomic E-state index is -0.724. The maximum Gasteiger partial charge on any atom is 0.350 e. The van der Waals surface area contributed by atoms with Crippen LogP contribution in [0.15, 0.2) is 48.5 Å². The van der Waals surface area contributed by atoms with Crippen molar-refractivity contribution >= 4 is 5.97 Å². The molecule has 6 nitrogen and oxygen atoms in total. The Morgan fingerprint density at radius 2 is 2.04 bits per heavy atom. The maximum atomic E-state index is 11.8. The quantitative estimate of drug-likeness (QED) is 0.681. The first-order chi connectivity index (χ1) is 13.6. The summed E-state index contributed by atoms with van der Waals surface area (Å²) in [6.45, 7) is 4.78. The normalized spacial score (nSPS) is 17.6. The van der Waals surface area contributed by atoms with E-state index in [2.05, 4.69) is 12.2 Å². The van der Waals surface area contributed by atoms with E-state index in [4.69, 9.17) is 14.2 Å². The fourth-order valence-corrected chi connectivity index (χ4v) is 3.13. The largest absolute Gasteiger partial charge is 0.485 e. The van der Waals surface area contributed by atoms with Crippen LogP contribution in [0, 0.1) is 0 Å². The zero-order chi connectivity index (χ0) is 19.9. The van der Waals surface area contributed by atoms with E-state index in [0.717, 1.165) is 17.5 Å². The second kappa shape index (κ2) is 9.57. The average molecular weight is 385 g/mol. The molecule has 3 atom stereocenters. The van der Waals surface area contributed by atoms with Crippen LogP contribution in [0.1, 0.15) is 31.1 Å². The van der Waals surface area contributed by atoms with Crippen LogP contribution in [-0.4, -0.2) is 43.0 Å². The topological polar surface area (TPSA) is 77.0 Å². The molecule has 1 heterocycles. The van der Waals surface area contributed by atoms with Crippen molar-refractivity contribution in [2.24, 2.45) is 0 Å². The summed E-state index contributed by atoms with van der Waals surface area (Å²) < 4.78 is 16.4. The van der Waals surface area contributed by atoms with Gasteiger partial charge in [0, 0.05) is 12.6 Å². The Balaban J connectivity index is 1.52. The van der Waals surface area contributed by atoms with Gasteiger partial charge in [-0.2, -0.15) is 0 Å². The maximum absolute atomic E-state index is 11.8. The van der Waals surface area contributed by atoms with Gasteiger partial charge in [0.05, 0.1) is 12.7 Å². The van der Waals surface area contributed by atoms with Crippen LogP contribution in [0.25, 0.3) is 0 Å². The third-order valence-electron chi connectivity index (χ3n) is 4.60. The van der Waals surface area contributed by atoms with Crippen LogP contribution in [0.3, 0.4) is 0 Å². The van der Waals surface area contributed by atoms with Crippen molar-refractivity contribution in [1.29, 1.82) is 0 Å². The van der Waals surface area contributed by atoms with Crippen LogP contribution < -0.4 is 14.8 Å². The number of nitrogens with one attached hydrogen (secondary N) is 1. The fraction of sp³-hybridized carbons (Fsp3) is 0.409. The van der Waals surface area contributed by atoms with Gasteiger partial charge in [0.25, 0.3) is 0 Å². The van der Waals surface area contributed by atoms with Gasteiger partial charge in [-0.05, 0) is 43.5 Å². The second-order valence-electron chi connectivity index (χ2n) is 6.89. The van der Waals surface area contributed by atoms with Gasteiger partial charge in [-0.25, -0.2) is 4.79 Å². The van der Waals surface area contributed by atoms with Crippen molar-refractivity contribution in [2.45, 2.75) is 38.5 Å². The molecule has 2 aromatic rings. The third-order valence-corrected chi connectivity index (χ3v) is 4.60. The summed E-state index contributed by atoms with van der Waals surface area (Å²) in [6, 6.07) is 15.5. The highest BCUT2D eigenvalue weighted by Crippen LogP contribution is 2.33. The number of rotatable bonds is 8. The Morgan fingerprint density at radius 3 is 2.79 bits per heavy atom. The molecular formula is C22H27NO5. The van der Waals surface area contributed by atoms with Crippen LogP contribution in [0.2, 0.25) is 0 Å². The molecule has 150 valence electrons. The van der Waals surface area contributed by atoms with E-state index in [1.807, 2.05) is 48.5 Å². The van der Waals surface area contributed by atoms with Crippen molar-refractivity contribution in [3.05, 3.63) is 59.7 Å². The summed E-state index contributed by atoms with van der Waals surface area (Å²) >= 11 is 0. The Hall–Kier alpha value is -2.57. The van der Waals surface area contributed by atoms with Gasteiger partial charge in [0.1, 0.15) is 6.61 Å². The molecule has 0 saturated heterocycles. The number of hydrogen-bond acceptors (Lipinski definition) is 6. The van der Waals surface area contributed by atoms with E-state index in [0.29, 0.717) is 24.7 Å². The van der Waals surface area contributed by atoms with Gasteiger partial charge < -0.3 is 24.6 Å². The average Bonchev–Trinajstić information content (AvgIpc) is 2.72. The van der Waals surface area contributed by atoms with E-state index in [-0.39, 0.29) is 12.6 Å². The molecule has 0 aliphatic carbocycles. The summed E-state index contributed by atoms with van der Waals surface area (Å²) in [4.78, 5) is 11.8. The predicted molar refractivity (Wildman–Crippen MR) is 106 cm³/mol. The van der Waals surface area contributed by atoms with Gasteiger partial charge in [-0.1, -0.05) is 36.4 Å². The number of benzene rings is 2. The van der Waals surface area contributed by atoms with Gasteiger partial charge in [-0.15, -0.1) is 0 Å². The first-order valence-corrected chi connectivity index (χ1v) is 9.62. The molecule has 0 fully saturated rings. The number of esters is 1. The van der Waals surface area contributed by atoms with Crippen LogP contribution in [-0.2, 0) is 16.0 Å². The highest BCUT2D eigenvalue weighted by molar-refractivity contribution is 5.76. The van der Waals surface area contributed by atoms with Gasteiger partial charge in [0.2, 0.25) is 6.10 Å². The number of fused-ring (bicyclic) bond motifs is 1. The molecule has 3 rings (SSSR count). The molecular weight excluding hydrogens is 358 g/mol. The summed E-state index contributed by atoms with van der Waals surface area (Å²) in [6.07, 6.45) is -0.485. The van der Waals surface area contributed by atoms with Gasteiger partial charge in [-0.3, -0.25) is 0 Å². The molecule has 1 aliphatic heterocycles. The van der Waals surface area contributed by atoms with E-state index in [1.165, 1.54) is 0 Å². The smallest absolute Gasteiger partial charge is 0.350 e. The van der Waals surface area contributed by atoms with E-state index >= 15 is 0 Å². The van der Waals surface area contributed by atoms with Gasteiger partial charge in [0.15, 0.2) is 11.5 Å². The van der Waals surface area contributed by atoms with Crippen molar-refractivity contribution in [1.82, 2.24) is 5.32 Å². The molecule has 0 spiro atoms. The number of carbonyl (C=O) groups is 1. The first kappa shape index (κ1) is 20.2. The Kier molecular flexibility index (Phi) is 6.90. The Labute approximate surface area is 165 Å². The first-order valence-electron chi connectivity index (χ1n) is 9.62. The molecule has 0 aromatic heterocycles. The minimum absolute atomic E-state index is 0.145. The lowest BCUT2D eigenvalue weighted by molar-refractivity contribution is -0.153. The zero-order valence-electron chi connectivity index (χ0n) is 16.3. The molecule has 1 aliphatic rings. The number of hydrogen-bond donors (Lipinski definition) is 2. The lowest BCUT2D eigenvalue weighted by Crippen LogP contribution is -2.38. The van der Waals surface area contributed by atoms with Crippen molar-refractivity contribution < 1.29 is 24.1 Å². The summed E-state index contributed by atoms with van der Waals surface area (Å²) in [5, 5.41) is 13.6. The highest BCUT2D eigenvalue weighted by atomic mass is 16.6. The standard InChI is InChI=1S/C22H27NO5/c1-3-26-22(25)21-14-27-20-12-16(9-10-19(20)28-21)11-15(2)23-13-18(24)17-7-5-4-6-8-17/h4-10,12,15,18,21,23-24H,3,11,13-14H2,1-2H3/t15-,18?,21?/m1/s1. The molecule has 2 unspecified atom stereocenters. The molecule has 2 aromatic carbocycles. The van der Waals surface area contributed by atoms with Crippen LogP contribution in [0.5, 0.6) is 11.5 Å². The SMILES string of the molecule is CCOC(=O)C1COc2cc(C[C@@H](C)NCC(O)c3ccccc3)ccc2O1. The van der Waals surface area contributed by atoms with E-state index < -0.39 is 18.2 Å². The third kappa shape index (κ3) is 5.24. The fourth-order valence-electron chi connectivity index (χ4n) is 3.13. The number of aliphatic hydroxyl groups excluding tert-OH is 1. The summed E-state index contributed by atoms with van der Waals surface area (Å²) in [5.41, 5.74) is 1.99. The van der Waals surface area contributed by atoms with Crippen molar-refractivity contribution in [3.8, 4) is 11.5 Å². The van der Waals surface area contributed by atoms with Crippen molar-refractivity contribution in [2.75, 3.05) is 19.8 Å². The van der Waals surface area contributed by atoms with E-state index in [9.17, 15) is 9.90 Å². The van der Waals surface area contributed by atoms with Crippen LogP contribution >= 0.6 is 0 Å². The van der Waals surface area contributed by atoms with E-state index in [1.54, 1.807) is 6.92 Å². The summed E-state index contributed by atoms with van der Waals surface area (Å²) in [7, 11) is 0. The van der Waals surface area contributed by atoms with Crippen molar-refractivity contribution in [3.63, 3.8) is 0 Å². The number of carbonyl (C=O) groups excluding carboxylic acids is 1. The highest BCUT2D eigenvalue weighted by Gasteiger charge is 2.28. The number of aliphatic hydroxyl groups is 1. The monoisotopic (exact) mass is 385 g/mol. The van der Waals surface area contributed by atoms with Gasteiger partial charge >= 0.3 is 5.97 Å². The lowest BCUT2D eigenvalue weighted by Gasteiger charge is -2.25. The molecule has 0 radical (unpaired) electrons. The summed E-state index contributed by atoms with van der Waals surface area (Å²) in [5.74, 6) is 0.773. The minimum Gasteiger partial charge on any atom is -0.485 e. The zero-order valence-corrected chi connectivity index (χ0v) is 16.3. The predicted octanol–water partition coefficient (Wildman–Crippen LogP) is 2.64. The molecule has 6 heteroatoms. The van der Waals surface area contributed by atoms with Crippen LogP contribution in [0.4, 0.5) is 0 Å². The lowest BCUT2D eigenvalue weighted by atomic mass is 10.0. The Morgan fingerprint density at radius 1 is 1.25 bits per heavy atom. The molecule has 2 N–H and O–H groups in total. The Bertz CT molecular complexity index is 780.